The van der Waals surface area contributed by atoms with Gasteiger partial charge in [0.1, 0.15) is 0 Å². The average Bonchev–Trinajstić information content (AvgIpc) is 2.88. The monoisotopic (exact) mass is 273 g/mol. The molecule has 0 spiro atoms. The molecule has 0 bridgehead atoms. The van der Waals surface area contributed by atoms with Crippen LogP contribution >= 0.6 is 11.6 Å². The van der Waals surface area contributed by atoms with E-state index in [1.54, 1.807) is 23.0 Å². The molecule has 3 aromatic rings. The van der Waals surface area contributed by atoms with Crippen molar-refractivity contribution in [3.05, 3.63) is 65.1 Å². The highest BCUT2D eigenvalue weighted by molar-refractivity contribution is 6.29. The van der Waals surface area contributed by atoms with E-state index in [2.05, 4.69) is 10.1 Å². The molecule has 0 saturated carbocycles. The first-order valence-corrected chi connectivity index (χ1v) is 6.31. The molecule has 96 valence electrons. The molecule has 0 aliphatic heterocycles. The Kier molecular flexibility index (Phi) is 3.44. The number of nitrogens with zero attached hydrogens (tertiary/aromatic N) is 3. The van der Waals surface area contributed by atoms with Crippen LogP contribution < -0.4 is 0 Å². The molecule has 0 fully saturated rings. The number of imidazole rings is 1. The van der Waals surface area contributed by atoms with E-state index >= 15 is 0 Å². The molecule has 19 heavy (non-hydrogen) atoms. The third kappa shape index (κ3) is 2.75. The van der Waals surface area contributed by atoms with Crippen molar-refractivity contribution in [2.24, 2.45) is 0 Å². The number of hydrogen-bond donors (Lipinski definition) is 0. The maximum atomic E-state index is 5.96. The predicted octanol–water partition coefficient (Wildman–Crippen LogP) is 3.10. The van der Waals surface area contributed by atoms with Crippen LogP contribution in [0.2, 0.25) is 5.15 Å². The van der Waals surface area contributed by atoms with Gasteiger partial charge in [0, 0.05) is 18.0 Å². The van der Waals surface area contributed by atoms with Gasteiger partial charge in [-0.3, -0.25) is 0 Å². The predicted molar refractivity (Wildman–Crippen MR) is 72.9 cm³/mol. The standard InChI is InChI=1S/C14H12ClN3O/c15-13-8-12(14-16-6-7-18(14)17-13)10-19-9-11-4-2-1-3-5-11/h1-8H,9-10H2. The number of halogens is 1. The maximum Gasteiger partial charge on any atom is 0.159 e. The number of ether oxygens (including phenoxy) is 1. The Bertz CT molecular complexity index is 681. The third-order valence-corrected chi connectivity index (χ3v) is 2.96. The minimum atomic E-state index is 0.434. The summed E-state index contributed by atoms with van der Waals surface area (Å²) >= 11 is 5.96. The number of fused-ring (bicyclic) bond motifs is 1. The van der Waals surface area contributed by atoms with Crippen LogP contribution in [0.15, 0.2) is 48.8 Å². The Morgan fingerprint density at radius 3 is 2.84 bits per heavy atom. The highest BCUT2D eigenvalue weighted by Crippen LogP contribution is 2.15. The molecule has 3 rings (SSSR count). The van der Waals surface area contributed by atoms with Gasteiger partial charge in [0.05, 0.1) is 13.2 Å². The molecule has 1 aromatic carbocycles. The summed E-state index contributed by atoms with van der Waals surface area (Å²) < 4.78 is 7.35. The van der Waals surface area contributed by atoms with E-state index < -0.39 is 0 Å². The molecule has 4 nitrogen and oxygen atoms in total. The molecule has 2 heterocycles. The molecule has 0 radical (unpaired) electrons. The van der Waals surface area contributed by atoms with E-state index in [0.29, 0.717) is 18.4 Å². The van der Waals surface area contributed by atoms with Gasteiger partial charge in [-0.15, -0.1) is 0 Å². The molecule has 0 amide bonds. The van der Waals surface area contributed by atoms with E-state index in [1.807, 2.05) is 30.3 Å². The zero-order valence-corrected chi connectivity index (χ0v) is 10.9. The Labute approximate surface area is 115 Å². The quantitative estimate of drug-likeness (QED) is 0.733. The second-order valence-corrected chi connectivity index (χ2v) is 4.55. The van der Waals surface area contributed by atoms with Gasteiger partial charge in [0.25, 0.3) is 0 Å². The molecule has 5 heteroatoms. The van der Waals surface area contributed by atoms with Crippen LogP contribution in [-0.4, -0.2) is 14.6 Å². The summed E-state index contributed by atoms with van der Waals surface area (Å²) in [6.07, 6.45) is 3.46. The van der Waals surface area contributed by atoms with Gasteiger partial charge >= 0.3 is 0 Å². The van der Waals surface area contributed by atoms with Crippen LogP contribution in [0.25, 0.3) is 5.65 Å². The average molecular weight is 274 g/mol. The van der Waals surface area contributed by atoms with Crippen LogP contribution in [0, 0.1) is 0 Å². The van der Waals surface area contributed by atoms with Gasteiger partial charge in [0.2, 0.25) is 0 Å². The van der Waals surface area contributed by atoms with Crippen molar-refractivity contribution in [3.63, 3.8) is 0 Å². The maximum absolute atomic E-state index is 5.96. The van der Waals surface area contributed by atoms with Crippen LogP contribution in [0.1, 0.15) is 11.1 Å². The third-order valence-electron chi connectivity index (χ3n) is 2.77. The normalized spacial score (nSPS) is 11.0. The summed E-state index contributed by atoms with van der Waals surface area (Å²) in [5.74, 6) is 0. The second kappa shape index (κ2) is 5.38. The lowest BCUT2D eigenvalue weighted by Crippen LogP contribution is -2.00. The van der Waals surface area contributed by atoms with Gasteiger partial charge in [-0.25, -0.2) is 9.50 Å². The highest BCUT2D eigenvalue weighted by Gasteiger charge is 2.06. The molecule has 0 saturated heterocycles. The molecule has 2 aromatic heterocycles. The Balaban J connectivity index is 1.73. The summed E-state index contributed by atoms with van der Waals surface area (Å²) in [6.45, 7) is 1.02. The van der Waals surface area contributed by atoms with Crippen LogP contribution in [0.3, 0.4) is 0 Å². The molecular weight excluding hydrogens is 262 g/mol. The van der Waals surface area contributed by atoms with E-state index in [1.165, 1.54) is 0 Å². The van der Waals surface area contributed by atoms with Crippen LogP contribution in [0.5, 0.6) is 0 Å². The first-order valence-electron chi connectivity index (χ1n) is 5.93. The molecule has 0 unspecified atom stereocenters. The Morgan fingerprint density at radius 2 is 2.00 bits per heavy atom. The summed E-state index contributed by atoms with van der Waals surface area (Å²) in [5.41, 5.74) is 2.85. The lowest BCUT2D eigenvalue weighted by atomic mass is 10.2. The van der Waals surface area contributed by atoms with Crippen molar-refractivity contribution in [1.29, 1.82) is 0 Å². The summed E-state index contributed by atoms with van der Waals surface area (Å²) in [4.78, 5) is 4.25. The summed E-state index contributed by atoms with van der Waals surface area (Å²) in [5, 5.41) is 4.56. The molecule has 0 aliphatic rings. The van der Waals surface area contributed by atoms with Crippen LogP contribution in [0.4, 0.5) is 0 Å². The van der Waals surface area contributed by atoms with Crippen molar-refractivity contribution in [3.8, 4) is 0 Å². The molecule has 0 N–H and O–H groups in total. The molecule has 0 atom stereocenters. The topological polar surface area (TPSA) is 39.4 Å². The van der Waals surface area contributed by atoms with Gasteiger partial charge < -0.3 is 4.74 Å². The van der Waals surface area contributed by atoms with Gasteiger partial charge in [-0.2, -0.15) is 5.10 Å². The van der Waals surface area contributed by atoms with Crippen LogP contribution in [-0.2, 0) is 18.0 Å². The van der Waals surface area contributed by atoms with Crippen molar-refractivity contribution in [2.45, 2.75) is 13.2 Å². The summed E-state index contributed by atoms with van der Waals surface area (Å²) in [7, 11) is 0. The van der Waals surface area contributed by atoms with E-state index in [9.17, 15) is 0 Å². The van der Waals surface area contributed by atoms with Crippen molar-refractivity contribution in [2.75, 3.05) is 0 Å². The van der Waals surface area contributed by atoms with Crippen molar-refractivity contribution < 1.29 is 4.74 Å². The molecular formula is C14H12ClN3O. The lowest BCUT2D eigenvalue weighted by Gasteiger charge is -2.06. The zero-order chi connectivity index (χ0) is 13.1. The summed E-state index contributed by atoms with van der Waals surface area (Å²) in [6, 6.07) is 11.8. The minimum absolute atomic E-state index is 0.434. The molecule has 0 aliphatic carbocycles. The SMILES string of the molecule is Clc1cc(COCc2ccccc2)c2nccn2n1. The lowest BCUT2D eigenvalue weighted by molar-refractivity contribution is 0.107. The largest absolute Gasteiger partial charge is 0.372 e. The van der Waals surface area contributed by atoms with Crippen molar-refractivity contribution in [1.82, 2.24) is 14.6 Å². The fourth-order valence-electron chi connectivity index (χ4n) is 1.91. The van der Waals surface area contributed by atoms with E-state index in [4.69, 9.17) is 16.3 Å². The van der Waals surface area contributed by atoms with Gasteiger partial charge in [-0.05, 0) is 11.6 Å². The van der Waals surface area contributed by atoms with Crippen molar-refractivity contribution >= 4 is 17.2 Å². The number of rotatable bonds is 4. The Morgan fingerprint density at radius 1 is 1.16 bits per heavy atom. The van der Waals surface area contributed by atoms with E-state index in [0.717, 1.165) is 16.8 Å². The Hall–Kier alpha value is -1.91. The fraction of sp³-hybridized carbons (Fsp3) is 0.143. The van der Waals surface area contributed by atoms with Gasteiger partial charge in [0.15, 0.2) is 10.8 Å². The minimum Gasteiger partial charge on any atom is -0.372 e. The number of hydrogen-bond acceptors (Lipinski definition) is 3. The smallest absolute Gasteiger partial charge is 0.159 e. The highest BCUT2D eigenvalue weighted by atomic mass is 35.5. The number of benzene rings is 1. The number of aromatic nitrogens is 3. The zero-order valence-electron chi connectivity index (χ0n) is 10.2. The first-order chi connectivity index (χ1) is 9.33. The van der Waals surface area contributed by atoms with E-state index in [-0.39, 0.29) is 0 Å². The first kappa shape index (κ1) is 12.1. The van der Waals surface area contributed by atoms with Gasteiger partial charge in [-0.1, -0.05) is 41.9 Å². The fourth-order valence-corrected chi connectivity index (χ4v) is 2.12. The second-order valence-electron chi connectivity index (χ2n) is 4.17.